The number of carbonyl (C=O) groups is 1. The average molecular weight is 401 g/mol. The summed E-state index contributed by atoms with van der Waals surface area (Å²) < 4.78 is 8.15. The number of aryl methyl sites for hydroxylation is 2. The first kappa shape index (κ1) is 19.6. The third-order valence-electron chi connectivity index (χ3n) is 7.90. The van der Waals surface area contributed by atoms with Crippen LogP contribution in [0, 0.1) is 12.8 Å². The summed E-state index contributed by atoms with van der Waals surface area (Å²) in [6.07, 6.45) is 12.0. The standard InChI is InChI=1S/C23H36N4O2/c1-17-14-20(25(2)24-17)22(28)26-12-8-19(9-13-26)27-15-21(29-16-18-6-7-18)23(27)10-4-3-5-11-23/h14,18-19,21H,3-13,15-16H2,1-2H3. The van der Waals surface area contributed by atoms with Crippen LogP contribution in [0.5, 0.6) is 0 Å². The highest BCUT2D eigenvalue weighted by Crippen LogP contribution is 2.48. The Kier molecular flexibility index (Phi) is 5.19. The van der Waals surface area contributed by atoms with E-state index < -0.39 is 0 Å². The molecule has 2 aliphatic carbocycles. The van der Waals surface area contributed by atoms with E-state index in [2.05, 4.69) is 10.00 Å². The summed E-state index contributed by atoms with van der Waals surface area (Å²) in [5.74, 6) is 0.975. The lowest BCUT2D eigenvalue weighted by atomic mass is 9.69. The van der Waals surface area contributed by atoms with Gasteiger partial charge in [-0.2, -0.15) is 5.10 Å². The number of nitrogens with zero attached hydrogens (tertiary/aromatic N) is 4. The minimum absolute atomic E-state index is 0.133. The maximum Gasteiger partial charge on any atom is 0.272 e. The maximum absolute atomic E-state index is 12.9. The van der Waals surface area contributed by atoms with Crippen LogP contribution >= 0.6 is 0 Å². The summed E-state index contributed by atoms with van der Waals surface area (Å²) in [6.45, 7) is 5.74. The SMILES string of the molecule is Cc1cc(C(=O)N2CCC(N3CC(OCC4CC4)C34CCCCC4)CC2)n(C)n1. The van der Waals surface area contributed by atoms with Gasteiger partial charge in [-0.15, -0.1) is 0 Å². The number of rotatable bonds is 5. The molecule has 1 amide bonds. The minimum Gasteiger partial charge on any atom is -0.375 e. The second-order valence-corrected chi connectivity index (χ2v) is 9.90. The molecule has 1 aromatic heterocycles. The molecule has 2 aliphatic heterocycles. The molecule has 2 saturated heterocycles. The Morgan fingerprint density at radius 2 is 1.90 bits per heavy atom. The smallest absolute Gasteiger partial charge is 0.272 e. The van der Waals surface area contributed by atoms with Crippen molar-refractivity contribution in [2.45, 2.75) is 82.4 Å². The first-order valence-electron chi connectivity index (χ1n) is 11.7. The summed E-state index contributed by atoms with van der Waals surface area (Å²) in [5.41, 5.74) is 1.91. The molecule has 5 rings (SSSR count). The highest BCUT2D eigenvalue weighted by molar-refractivity contribution is 5.92. The second-order valence-electron chi connectivity index (χ2n) is 9.90. The van der Waals surface area contributed by atoms with Gasteiger partial charge in [0.15, 0.2) is 0 Å². The maximum atomic E-state index is 12.9. The molecule has 4 aliphatic rings. The summed E-state index contributed by atoms with van der Waals surface area (Å²) >= 11 is 0. The van der Waals surface area contributed by atoms with Gasteiger partial charge in [0.1, 0.15) is 5.69 Å². The zero-order valence-corrected chi connectivity index (χ0v) is 18.1. The van der Waals surface area contributed by atoms with E-state index in [9.17, 15) is 4.79 Å². The van der Waals surface area contributed by atoms with Crippen molar-refractivity contribution in [2.24, 2.45) is 13.0 Å². The summed E-state index contributed by atoms with van der Waals surface area (Å²) in [5, 5.41) is 4.34. The molecular formula is C23H36N4O2. The Morgan fingerprint density at radius 3 is 2.52 bits per heavy atom. The van der Waals surface area contributed by atoms with Crippen molar-refractivity contribution < 1.29 is 9.53 Å². The summed E-state index contributed by atoms with van der Waals surface area (Å²) in [6, 6.07) is 2.51. The number of piperidine rings is 1. The number of hydrogen-bond acceptors (Lipinski definition) is 4. The molecular weight excluding hydrogens is 364 g/mol. The molecule has 6 nitrogen and oxygen atoms in total. The van der Waals surface area contributed by atoms with Gasteiger partial charge in [0.2, 0.25) is 0 Å². The quantitative estimate of drug-likeness (QED) is 0.762. The van der Waals surface area contributed by atoms with E-state index in [1.54, 1.807) is 4.68 Å². The first-order chi connectivity index (χ1) is 14.1. The predicted molar refractivity (Wildman–Crippen MR) is 112 cm³/mol. The molecule has 1 aromatic rings. The number of ether oxygens (including phenoxy) is 1. The van der Waals surface area contributed by atoms with Crippen molar-refractivity contribution in [3.05, 3.63) is 17.5 Å². The van der Waals surface area contributed by atoms with Gasteiger partial charge in [-0.1, -0.05) is 19.3 Å². The number of amides is 1. The average Bonchev–Trinajstić information content (AvgIpc) is 3.50. The van der Waals surface area contributed by atoms with Gasteiger partial charge in [-0.25, -0.2) is 0 Å². The number of aromatic nitrogens is 2. The van der Waals surface area contributed by atoms with E-state index in [-0.39, 0.29) is 5.91 Å². The lowest BCUT2D eigenvalue weighted by Gasteiger charge is -2.63. The second kappa shape index (κ2) is 7.69. The Labute approximate surface area is 174 Å². The van der Waals surface area contributed by atoms with Gasteiger partial charge in [-0.3, -0.25) is 14.4 Å². The highest BCUT2D eigenvalue weighted by atomic mass is 16.5. The Hall–Kier alpha value is -1.40. The van der Waals surface area contributed by atoms with Crippen LogP contribution in [0.15, 0.2) is 6.07 Å². The molecule has 0 aromatic carbocycles. The molecule has 29 heavy (non-hydrogen) atoms. The molecule has 0 radical (unpaired) electrons. The first-order valence-corrected chi connectivity index (χ1v) is 11.7. The third kappa shape index (κ3) is 3.63. The van der Waals surface area contributed by atoms with Crippen LogP contribution in [0.25, 0.3) is 0 Å². The van der Waals surface area contributed by atoms with E-state index in [0.29, 0.717) is 23.4 Å². The van der Waals surface area contributed by atoms with Gasteiger partial charge in [-0.05, 0) is 57.4 Å². The van der Waals surface area contributed by atoms with Crippen LogP contribution in [0.4, 0.5) is 0 Å². The third-order valence-corrected chi connectivity index (χ3v) is 7.90. The molecule has 4 fully saturated rings. The van der Waals surface area contributed by atoms with Crippen molar-refractivity contribution in [1.29, 1.82) is 0 Å². The fourth-order valence-corrected chi connectivity index (χ4v) is 5.99. The molecule has 3 heterocycles. The lowest BCUT2D eigenvalue weighted by molar-refractivity contribution is -0.202. The number of carbonyl (C=O) groups excluding carboxylic acids is 1. The summed E-state index contributed by atoms with van der Waals surface area (Å²) in [7, 11) is 1.86. The molecule has 160 valence electrons. The van der Waals surface area contributed by atoms with Crippen LogP contribution in [0.1, 0.15) is 74.0 Å². The van der Waals surface area contributed by atoms with Crippen LogP contribution in [-0.2, 0) is 11.8 Å². The highest BCUT2D eigenvalue weighted by Gasteiger charge is 2.56. The molecule has 0 N–H and O–H groups in total. The van der Waals surface area contributed by atoms with E-state index in [4.69, 9.17) is 4.74 Å². The zero-order chi connectivity index (χ0) is 20.0. The van der Waals surface area contributed by atoms with E-state index >= 15 is 0 Å². The number of hydrogen-bond donors (Lipinski definition) is 0. The largest absolute Gasteiger partial charge is 0.375 e. The van der Waals surface area contributed by atoms with Crippen molar-refractivity contribution in [1.82, 2.24) is 19.6 Å². The van der Waals surface area contributed by atoms with Crippen molar-refractivity contribution >= 4 is 5.91 Å². The van der Waals surface area contributed by atoms with E-state index in [0.717, 1.165) is 50.7 Å². The Balaban J connectivity index is 1.21. The van der Waals surface area contributed by atoms with Gasteiger partial charge in [0.25, 0.3) is 5.91 Å². The van der Waals surface area contributed by atoms with Gasteiger partial charge < -0.3 is 9.64 Å². The van der Waals surface area contributed by atoms with Crippen molar-refractivity contribution in [3.63, 3.8) is 0 Å². The normalized spacial score (nSPS) is 27.9. The van der Waals surface area contributed by atoms with Crippen LogP contribution in [-0.4, -0.2) is 69.4 Å². The molecule has 1 spiro atoms. The molecule has 6 heteroatoms. The number of likely N-dealkylation sites (tertiary alicyclic amines) is 2. The predicted octanol–water partition coefficient (Wildman–Crippen LogP) is 3.15. The zero-order valence-electron chi connectivity index (χ0n) is 18.1. The Bertz CT molecular complexity index is 742. The van der Waals surface area contributed by atoms with Gasteiger partial charge >= 0.3 is 0 Å². The monoisotopic (exact) mass is 400 g/mol. The molecule has 0 bridgehead atoms. The lowest BCUT2D eigenvalue weighted by Crippen LogP contribution is -2.75. The van der Waals surface area contributed by atoms with Crippen molar-refractivity contribution in [3.8, 4) is 0 Å². The molecule has 1 atom stereocenters. The van der Waals surface area contributed by atoms with Crippen molar-refractivity contribution in [2.75, 3.05) is 26.2 Å². The van der Waals surface area contributed by atoms with Crippen LogP contribution in [0.2, 0.25) is 0 Å². The van der Waals surface area contributed by atoms with Gasteiger partial charge in [0.05, 0.1) is 11.8 Å². The molecule has 2 saturated carbocycles. The van der Waals surface area contributed by atoms with E-state index in [1.165, 1.54) is 44.9 Å². The van der Waals surface area contributed by atoms with Gasteiger partial charge in [0, 0.05) is 44.9 Å². The van der Waals surface area contributed by atoms with Crippen LogP contribution in [0.3, 0.4) is 0 Å². The van der Waals surface area contributed by atoms with Crippen LogP contribution < -0.4 is 0 Å². The molecule has 1 unspecified atom stereocenters. The Morgan fingerprint density at radius 1 is 1.17 bits per heavy atom. The fraction of sp³-hybridized carbons (Fsp3) is 0.826. The summed E-state index contributed by atoms with van der Waals surface area (Å²) in [4.78, 5) is 17.7. The topological polar surface area (TPSA) is 50.6 Å². The fourth-order valence-electron chi connectivity index (χ4n) is 5.99. The minimum atomic E-state index is 0.133. The van der Waals surface area contributed by atoms with E-state index in [1.807, 2.05) is 24.9 Å².